The molecule has 3 aromatic carbocycles. The number of nitrogens with zero attached hydrogens (tertiary/aromatic N) is 5. The number of benzene rings is 3. The topological polar surface area (TPSA) is 129 Å². The number of rotatable bonds is 8. The third-order valence-corrected chi connectivity index (χ3v) is 10.4. The molecule has 2 aliphatic rings. The number of halogens is 1. The van der Waals surface area contributed by atoms with Crippen molar-refractivity contribution in [2.45, 2.75) is 11.3 Å². The van der Waals surface area contributed by atoms with Crippen LogP contribution in [0.25, 0.3) is 10.2 Å². The van der Waals surface area contributed by atoms with Crippen molar-refractivity contribution in [3.05, 3.63) is 88.0 Å². The average molecular weight is 629 g/mol. The third-order valence-electron chi connectivity index (χ3n) is 7.48. The molecule has 0 bridgehead atoms. The first-order valence-corrected chi connectivity index (χ1v) is 15.6. The highest BCUT2D eigenvalue weighted by atomic mass is 35.5. The number of amides is 1. The zero-order chi connectivity index (χ0) is 28.6. The summed E-state index contributed by atoms with van der Waals surface area (Å²) in [5.74, 6) is -0.248. The molecular weight excluding hydrogens is 600 g/mol. The van der Waals surface area contributed by atoms with E-state index in [-0.39, 0.29) is 28.9 Å². The largest absolute Gasteiger partial charge is 0.351 e. The minimum atomic E-state index is -3.70. The number of piperazine rings is 1. The number of anilines is 2. The van der Waals surface area contributed by atoms with E-state index in [4.69, 9.17) is 0 Å². The lowest BCUT2D eigenvalue weighted by Gasteiger charge is -2.34. The van der Waals surface area contributed by atoms with Crippen molar-refractivity contribution < 1.29 is 18.1 Å². The van der Waals surface area contributed by atoms with Crippen LogP contribution in [0.5, 0.6) is 0 Å². The summed E-state index contributed by atoms with van der Waals surface area (Å²) in [4.78, 5) is 32.6. The molecule has 42 heavy (non-hydrogen) atoms. The van der Waals surface area contributed by atoms with E-state index in [0.29, 0.717) is 37.3 Å². The predicted octanol–water partition coefficient (Wildman–Crippen LogP) is 3.93. The summed E-state index contributed by atoms with van der Waals surface area (Å²) in [6, 6.07) is 18.3. The molecule has 0 unspecified atom stereocenters. The molecule has 1 N–H and O–H groups in total. The van der Waals surface area contributed by atoms with Crippen LogP contribution in [0.4, 0.5) is 16.5 Å². The summed E-state index contributed by atoms with van der Waals surface area (Å²) in [6.45, 7) is 4.71. The Kier molecular flexibility index (Phi) is 8.64. The van der Waals surface area contributed by atoms with Gasteiger partial charge in [0.2, 0.25) is 0 Å². The first-order valence-electron chi connectivity index (χ1n) is 13.3. The highest BCUT2D eigenvalue weighted by Crippen LogP contribution is 2.33. The zero-order valence-electron chi connectivity index (χ0n) is 22.5. The number of nitrogens with one attached hydrogen (secondary N) is 1. The number of para-hydroxylation sites is 1. The van der Waals surface area contributed by atoms with Gasteiger partial charge in [-0.15, -0.1) is 12.4 Å². The predicted molar refractivity (Wildman–Crippen MR) is 166 cm³/mol. The molecule has 11 nitrogen and oxygen atoms in total. The lowest BCUT2D eigenvalue weighted by Crippen LogP contribution is -2.48. The molecule has 1 saturated heterocycles. The number of sulfonamides is 1. The Bertz CT molecular complexity index is 1720. The highest BCUT2D eigenvalue weighted by molar-refractivity contribution is 7.92. The monoisotopic (exact) mass is 628 g/mol. The van der Waals surface area contributed by atoms with Gasteiger partial charge >= 0.3 is 0 Å². The van der Waals surface area contributed by atoms with Gasteiger partial charge in [0.1, 0.15) is 0 Å². The Morgan fingerprint density at radius 1 is 1.00 bits per heavy atom. The summed E-state index contributed by atoms with van der Waals surface area (Å²) in [7, 11) is -3.70. The number of nitro benzene ring substituents is 1. The van der Waals surface area contributed by atoms with Crippen molar-refractivity contribution in [2.24, 2.45) is 0 Å². The standard InChI is InChI=1S/C28H28N6O5S2.ClH/c35-27(21-5-8-23(9-6-21)41(38,39)33-13-11-20-3-1-2-4-25(20)33)29-12-14-31-15-17-32(18-16-31)28-30-24-10-7-22(34(36)37)19-26(24)40-28;/h1-10,19H,11-18H2,(H,29,35);1H. The number of fused-ring (bicyclic) bond motifs is 2. The van der Waals surface area contributed by atoms with Crippen molar-refractivity contribution in [3.63, 3.8) is 0 Å². The maximum Gasteiger partial charge on any atom is 0.270 e. The summed E-state index contributed by atoms with van der Waals surface area (Å²) in [5, 5.41) is 14.8. The summed E-state index contributed by atoms with van der Waals surface area (Å²) < 4.78 is 28.7. The fraction of sp³-hybridized carbons (Fsp3) is 0.286. The molecule has 3 heterocycles. The van der Waals surface area contributed by atoms with E-state index in [9.17, 15) is 23.3 Å². The molecule has 4 aromatic rings. The number of hydrogen-bond acceptors (Lipinski definition) is 9. The molecular formula is C28H29ClN6O5S2. The molecule has 0 radical (unpaired) electrons. The summed E-state index contributed by atoms with van der Waals surface area (Å²) in [5.41, 5.74) is 2.95. The lowest BCUT2D eigenvalue weighted by atomic mass is 10.2. The molecule has 0 saturated carbocycles. The Balaban J connectivity index is 0.00000353. The first-order chi connectivity index (χ1) is 19.8. The van der Waals surface area contributed by atoms with Crippen molar-refractivity contribution in [3.8, 4) is 0 Å². The van der Waals surface area contributed by atoms with Gasteiger partial charge in [0.15, 0.2) is 5.13 Å². The van der Waals surface area contributed by atoms with Crippen LogP contribution in [-0.2, 0) is 16.4 Å². The molecule has 220 valence electrons. The van der Waals surface area contributed by atoms with Crippen LogP contribution in [0.1, 0.15) is 15.9 Å². The van der Waals surface area contributed by atoms with Gasteiger partial charge in [-0.05, 0) is 48.4 Å². The van der Waals surface area contributed by atoms with E-state index >= 15 is 0 Å². The van der Waals surface area contributed by atoms with E-state index in [1.807, 2.05) is 24.3 Å². The van der Waals surface area contributed by atoms with Crippen LogP contribution in [0.3, 0.4) is 0 Å². The van der Waals surface area contributed by atoms with Crippen LogP contribution in [-0.4, -0.2) is 74.9 Å². The van der Waals surface area contributed by atoms with Gasteiger partial charge in [0, 0.05) is 63.5 Å². The van der Waals surface area contributed by atoms with E-state index in [1.165, 1.54) is 33.8 Å². The zero-order valence-corrected chi connectivity index (χ0v) is 25.0. The van der Waals surface area contributed by atoms with Gasteiger partial charge < -0.3 is 10.2 Å². The SMILES string of the molecule is Cl.O=C(NCCN1CCN(c2nc3ccc([N+](=O)[O-])cc3s2)CC1)c1ccc(S(=O)(=O)N2CCc3ccccc32)cc1. The molecule has 2 aliphatic heterocycles. The van der Waals surface area contributed by atoms with Crippen LogP contribution >= 0.6 is 23.7 Å². The van der Waals surface area contributed by atoms with E-state index < -0.39 is 14.9 Å². The second kappa shape index (κ2) is 12.2. The average Bonchev–Trinajstić information content (AvgIpc) is 3.62. The molecule has 6 rings (SSSR count). The van der Waals surface area contributed by atoms with Crippen molar-refractivity contribution >= 4 is 66.4 Å². The number of non-ortho nitro benzene ring substituents is 1. The quantitative estimate of drug-likeness (QED) is 0.230. The molecule has 0 atom stereocenters. The van der Waals surface area contributed by atoms with Crippen LogP contribution in [0, 0.1) is 10.1 Å². The number of carbonyl (C=O) groups is 1. The van der Waals surface area contributed by atoms with Crippen molar-refractivity contribution in [2.75, 3.05) is 55.0 Å². The Morgan fingerprint density at radius 2 is 1.74 bits per heavy atom. The molecule has 1 aromatic heterocycles. The third kappa shape index (κ3) is 5.91. The van der Waals surface area contributed by atoms with Gasteiger partial charge in [-0.2, -0.15) is 0 Å². The minimum Gasteiger partial charge on any atom is -0.351 e. The fourth-order valence-corrected chi connectivity index (χ4v) is 7.76. The smallest absolute Gasteiger partial charge is 0.270 e. The minimum absolute atomic E-state index is 0. The number of nitro groups is 1. The Labute approximate surface area is 253 Å². The number of carbonyl (C=O) groups excluding carboxylic acids is 1. The second-order valence-corrected chi connectivity index (χ2v) is 12.8. The van der Waals surface area contributed by atoms with Crippen LogP contribution in [0.2, 0.25) is 0 Å². The normalized spacial score (nSPS) is 15.3. The highest BCUT2D eigenvalue weighted by Gasteiger charge is 2.30. The maximum atomic E-state index is 13.2. The first kappa shape index (κ1) is 29.7. The molecule has 0 spiro atoms. The number of thiazole rings is 1. The lowest BCUT2D eigenvalue weighted by molar-refractivity contribution is -0.384. The van der Waals surface area contributed by atoms with Gasteiger partial charge in [-0.3, -0.25) is 24.1 Å². The molecule has 0 aliphatic carbocycles. The summed E-state index contributed by atoms with van der Waals surface area (Å²) in [6.07, 6.45) is 0.680. The van der Waals surface area contributed by atoms with Crippen LogP contribution < -0.4 is 14.5 Å². The number of aromatic nitrogens is 1. The Hall–Kier alpha value is -3.78. The fourth-order valence-electron chi connectivity index (χ4n) is 5.21. The molecule has 14 heteroatoms. The Morgan fingerprint density at radius 3 is 2.48 bits per heavy atom. The van der Waals surface area contributed by atoms with Gasteiger partial charge in [-0.25, -0.2) is 13.4 Å². The van der Waals surface area contributed by atoms with E-state index in [1.54, 1.807) is 24.3 Å². The van der Waals surface area contributed by atoms with Crippen molar-refractivity contribution in [1.82, 2.24) is 15.2 Å². The second-order valence-electron chi connectivity index (χ2n) is 9.97. The molecule has 1 amide bonds. The maximum absolute atomic E-state index is 13.2. The van der Waals surface area contributed by atoms with Gasteiger partial charge in [0.25, 0.3) is 21.6 Å². The van der Waals surface area contributed by atoms with Gasteiger partial charge in [0.05, 0.1) is 25.7 Å². The van der Waals surface area contributed by atoms with Crippen molar-refractivity contribution in [1.29, 1.82) is 0 Å². The molecule has 1 fully saturated rings. The number of hydrogen-bond donors (Lipinski definition) is 1. The van der Waals surface area contributed by atoms with E-state index in [0.717, 1.165) is 47.1 Å². The van der Waals surface area contributed by atoms with E-state index in [2.05, 4.69) is 20.1 Å². The van der Waals surface area contributed by atoms with Crippen LogP contribution in [0.15, 0.2) is 71.6 Å². The summed E-state index contributed by atoms with van der Waals surface area (Å²) >= 11 is 1.46. The van der Waals surface area contributed by atoms with Gasteiger partial charge in [-0.1, -0.05) is 29.5 Å².